The van der Waals surface area contributed by atoms with E-state index in [9.17, 15) is 9.59 Å². The molecule has 0 unspecified atom stereocenters. The number of ether oxygens (including phenoxy) is 2. The van der Waals surface area contributed by atoms with Crippen molar-refractivity contribution in [1.82, 2.24) is 19.7 Å². The summed E-state index contributed by atoms with van der Waals surface area (Å²) in [6.07, 6.45) is 4.04. The van der Waals surface area contributed by atoms with E-state index in [2.05, 4.69) is 10.1 Å². The van der Waals surface area contributed by atoms with Crippen molar-refractivity contribution in [3.05, 3.63) is 77.2 Å². The fourth-order valence-corrected chi connectivity index (χ4v) is 4.46. The van der Waals surface area contributed by atoms with E-state index in [-0.39, 0.29) is 12.1 Å². The number of nitrogens with zero attached hydrogens (tertiary/aromatic N) is 4. The van der Waals surface area contributed by atoms with Crippen molar-refractivity contribution < 1.29 is 19.1 Å². The summed E-state index contributed by atoms with van der Waals surface area (Å²) in [5.74, 6) is 0.788. The van der Waals surface area contributed by atoms with Crippen LogP contribution >= 0.6 is 0 Å². The van der Waals surface area contributed by atoms with Crippen molar-refractivity contribution >= 4 is 23.3 Å². The van der Waals surface area contributed by atoms with Gasteiger partial charge in [0.1, 0.15) is 17.0 Å². The monoisotopic (exact) mass is 528 g/mol. The van der Waals surface area contributed by atoms with Gasteiger partial charge in [-0.05, 0) is 88.1 Å². The molecule has 0 fully saturated rings. The van der Waals surface area contributed by atoms with Crippen LogP contribution in [0.3, 0.4) is 0 Å². The lowest BCUT2D eigenvalue weighted by molar-refractivity contribution is 0.0171. The minimum Gasteiger partial charge on any atom is -0.497 e. The molecule has 0 aliphatic heterocycles. The minimum atomic E-state index is -0.580. The molecule has 0 bridgehead atoms. The van der Waals surface area contributed by atoms with Gasteiger partial charge in [-0.15, -0.1) is 0 Å². The Bertz CT molecular complexity index is 1480. The van der Waals surface area contributed by atoms with Gasteiger partial charge < -0.3 is 14.4 Å². The molecule has 0 atom stereocenters. The van der Waals surface area contributed by atoms with Gasteiger partial charge in [0.15, 0.2) is 6.29 Å². The Kier molecular flexibility index (Phi) is 8.04. The fraction of sp³-hybridized carbons (Fsp3) is 0.355. The van der Waals surface area contributed by atoms with Gasteiger partial charge in [0, 0.05) is 29.4 Å². The first-order valence-corrected chi connectivity index (χ1v) is 13.0. The second kappa shape index (κ2) is 11.3. The Hall–Kier alpha value is -4.20. The summed E-state index contributed by atoms with van der Waals surface area (Å²) in [6, 6.07) is 13.7. The molecular weight excluding hydrogens is 492 g/mol. The van der Waals surface area contributed by atoms with Crippen LogP contribution in [0.25, 0.3) is 22.0 Å². The topological polar surface area (TPSA) is 86.6 Å². The number of amides is 1. The van der Waals surface area contributed by atoms with Crippen LogP contribution < -0.4 is 4.74 Å². The average Bonchev–Trinajstić information content (AvgIpc) is 3.23. The molecular formula is C31H36N4O4. The van der Waals surface area contributed by atoms with Crippen LogP contribution in [0, 0.1) is 6.92 Å². The van der Waals surface area contributed by atoms with Gasteiger partial charge in [0.2, 0.25) is 0 Å². The van der Waals surface area contributed by atoms with Crippen LogP contribution in [-0.4, -0.2) is 50.8 Å². The van der Waals surface area contributed by atoms with Crippen LogP contribution in [0.15, 0.2) is 54.9 Å². The zero-order chi connectivity index (χ0) is 28.3. The molecule has 4 rings (SSSR count). The Labute approximate surface area is 229 Å². The summed E-state index contributed by atoms with van der Waals surface area (Å²) in [7, 11) is 1.64. The molecule has 39 heavy (non-hydrogen) atoms. The number of aromatic nitrogens is 3. The molecule has 0 N–H and O–H groups in total. The molecule has 0 spiro atoms. The van der Waals surface area contributed by atoms with E-state index < -0.39 is 5.60 Å². The SMILES string of the molecule is COc1ccc(Cn2nc(C=O)c3cc(-c4cncc(CN(C(=O)OC(C)(C)C)C(C)C)c4C)ccc32)cc1. The third kappa shape index (κ3) is 6.28. The van der Waals surface area contributed by atoms with Gasteiger partial charge in [-0.25, -0.2) is 4.79 Å². The largest absolute Gasteiger partial charge is 0.497 e. The molecule has 0 aliphatic carbocycles. The molecule has 2 aromatic heterocycles. The molecule has 4 aromatic rings. The van der Waals surface area contributed by atoms with E-state index in [0.717, 1.165) is 50.8 Å². The van der Waals surface area contributed by atoms with Gasteiger partial charge in [0.25, 0.3) is 0 Å². The van der Waals surface area contributed by atoms with Crippen LogP contribution in [0.1, 0.15) is 61.8 Å². The predicted molar refractivity (Wildman–Crippen MR) is 152 cm³/mol. The number of aldehydes is 1. The molecule has 0 radical (unpaired) electrons. The molecule has 8 nitrogen and oxygen atoms in total. The predicted octanol–water partition coefficient (Wildman–Crippen LogP) is 6.42. The van der Waals surface area contributed by atoms with Crippen LogP contribution in [0.5, 0.6) is 5.75 Å². The van der Waals surface area contributed by atoms with Crippen LogP contribution in [0.4, 0.5) is 4.79 Å². The number of hydrogen-bond donors (Lipinski definition) is 0. The van der Waals surface area contributed by atoms with Crippen molar-refractivity contribution in [2.75, 3.05) is 7.11 Å². The molecule has 0 saturated heterocycles. The number of methoxy groups -OCH3 is 1. The van der Waals surface area contributed by atoms with Crippen molar-refractivity contribution in [1.29, 1.82) is 0 Å². The van der Waals surface area contributed by atoms with Gasteiger partial charge in [0.05, 0.1) is 25.7 Å². The zero-order valence-electron chi connectivity index (χ0n) is 23.7. The van der Waals surface area contributed by atoms with Gasteiger partial charge >= 0.3 is 6.09 Å². The van der Waals surface area contributed by atoms with E-state index in [4.69, 9.17) is 9.47 Å². The Balaban J connectivity index is 1.66. The number of pyridine rings is 1. The molecule has 1 amide bonds. The van der Waals surface area contributed by atoms with E-state index in [1.54, 1.807) is 18.2 Å². The maximum absolute atomic E-state index is 12.9. The summed E-state index contributed by atoms with van der Waals surface area (Å²) >= 11 is 0. The number of rotatable bonds is 8. The van der Waals surface area contributed by atoms with Gasteiger partial charge in [-0.2, -0.15) is 5.10 Å². The number of fused-ring (bicyclic) bond motifs is 1. The maximum atomic E-state index is 12.9. The van der Waals surface area contributed by atoms with E-state index in [1.807, 2.05) is 94.9 Å². The molecule has 2 aromatic carbocycles. The highest BCUT2D eigenvalue weighted by Crippen LogP contribution is 2.30. The first kappa shape index (κ1) is 27.8. The lowest BCUT2D eigenvalue weighted by atomic mass is 9.97. The average molecular weight is 529 g/mol. The Morgan fingerprint density at radius 2 is 1.82 bits per heavy atom. The van der Waals surface area contributed by atoms with Gasteiger partial charge in [-0.1, -0.05) is 18.2 Å². The highest BCUT2D eigenvalue weighted by atomic mass is 16.6. The normalized spacial score (nSPS) is 11.6. The van der Waals surface area contributed by atoms with E-state index in [0.29, 0.717) is 18.8 Å². The van der Waals surface area contributed by atoms with Crippen molar-refractivity contribution in [2.24, 2.45) is 0 Å². The smallest absolute Gasteiger partial charge is 0.410 e. The quantitative estimate of drug-likeness (QED) is 0.245. The second-order valence-corrected chi connectivity index (χ2v) is 10.9. The first-order chi connectivity index (χ1) is 18.5. The second-order valence-electron chi connectivity index (χ2n) is 10.9. The summed E-state index contributed by atoms with van der Waals surface area (Å²) in [4.78, 5) is 31.0. The van der Waals surface area contributed by atoms with Crippen molar-refractivity contribution in [3.63, 3.8) is 0 Å². The molecule has 2 heterocycles. The fourth-order valence-electron chi connectivity index (χ4n) is 4.46. The number of carbonyl (C=O) groups excluding carboxylic acids is 2. The first-order valence-electron chi connectivity index (χ1n) is 13.0. The third-order valence-electron chi connectivity index (χ3n) is 6.60. The van der Waals surface area contributed by atoms with Gasteiger partial charge in [-0.3, -0.25) is 14.5 Å². The van der Waals surface area contributed by atoms with Crippen LogP contribution in [0.2, 0.25) is 0 Å². The van der Waals surface area contributed by atoms with Crippen molar-refractivity contribution in [3.8, 4) is 16.9 Å². The zero-order valence-corrected chi connectivity index (χ0v) is 23.7. The number of carbonyl (C=O) groups is 2. The van der Waals surface area contributed by atoms with E-state index >= 15 is 0 Å². The summed E-state index contributed by atoms with van der Waals surface area (Å²) in [5, 5.41) is 5.35. The Morgan fingerprint density at radius 3 is 2.44 bits per heavy atom. The summed E-state index contributed by atoms with van der Waals surface area (Å²) < 4.78 is 12.7. The lowest BCUT2D eigenvalue weighted by Crippen LogP contribution is -2.40. The number of benzene rings is 2. The minimum absolute atomic E-state index is 0.0500. The Morgan fingerprint density at radius 1 is 1.10 bits per heavy atom. The highest BCUT2D eigenvalue weighted by Gasteiger charge is 2.25. The summed E-state index contributed by atoms with van der Waals surface area (Å²) in [5.41, 5.74) is 5.52. The van der Waals surface area contributed by atoms with Crippen molar-refractivity contribution in [2.45, 2.75) is 66.3 Å². The summed E-state index contributed by atoms with van der Waals surface area (Å²) in [6.45, 7) is 12.4. The highest BCUT2D eigenvalue weighted by molar-refractivity contribution is 5.97. The molecule has 0 aliphatic rings. The number of hydrogen-bond acceptors (Lipinski definition) is 6. The van der Waals surface area contributed by atoms with Crippen LogP contribution in [-0.2, 0) is 17.8 Å². The molecule has 0 saturated carbocycles. The lowest BCUT2D eigenvalue weighted by Gasteiger charge is -2.30. The standard InChI is InChI=1S/C31H36N4O4/c1-20(2)34(30(37)39-31(4,5)6)18-24-15-32-16-27(21(24)3)23-10-13-29-26(14-23)28(19-36)33-35(29)17-22-8-11-25(38-7)12-9-22/h8-16,19-20H,17-18H2,1-7H3. The third-order valence-corrected chi connectivity index (χ3v) is 6.60. The van der Waals surface area contributed by atoms with E-state index in [1.165, 1.54) is 0 Å². The molecule has 204 valence electrons. The maximum Gasteiger partial charge on any atom is 0.410 e. The molecule has 8 heteroatoms.